The SMILES string of the molecule is O=C1C[C@@H]2c3ccccc3[C@H]1[C@H]1C(=O)N(c3ncn[nH]3)C(=O)[C@@H]12. The van der Waals surface area contributed by atoms with Gasteiger partial charge in [0.2, 0.25) is 17.8 Å². The molecule has 6 rings (SSSR count). The third kappa shape index (κ3) is 1.42. The van der Waals surface area contributed by atoms with E-state index < -0.39 is 17.8 Å². The Balaban J connectivity index is 1.69. The van der Waals surface area contributed by atoms with Crippen molar-refractivity contribution in [2.24, 2.45) is 11.8 Å². The van der Waals surface area contributed by atoms with Crippen LogP contribution in [0, 0.1) is 11.8 Å². The first-order valence-corrected chi connectivity index (χ1v) is 7.53. The summed E-state index contributed by atoms with van der Waals surface area (Å²) in [6, 6.07) is 7.64. The van der Waals surface area contributed by atoms with E-state index >= 15 is 0 Å². The number of carbonyl (C=O) groups is 3. The first-order chi connectivity index (χ1) is 11.2. The van der Waals surface area contributed by atoms with Crippen molar-refractivity contribution in [3.05, 3.63) is 41.7 Å². The topological polar surface area (TPSA) is 96.0 Å². The Morgan fingerprint density at radius 2 is 1.78 bits per heavy atom. The minimum absolute atomic E-state index is 0.0514. The summed E-state index contributed by atoms with van der Waals surface area (Å²) in [5.74, 6) is -2.30. The third-order valence-corrected chi connectivity index (χ3v) is 5.30. The van der Waals surface area contributed by atoms with Gasteiger partial charge in [-0.2, -0.15) is 10.1 Å². The van der Waals surface area contributed by atoms with Crippen molar-refractivity contribution >= 4 is 23.5 Å². The molecule has 3 aliphatic carbocycles. The largest absolute Gasteiger partial charge is 0.299 e. The molecule has 1 aromatic carbocycles. The second-order valence-corrected chi connectivity index (χ2v) is 6.26. The summed E-state index contributed by atoms with van der Waals surface area (Å²) in [7, 11) is 0. The maximum Gasteiger partial charge on any atom is 0.241 e. The van der Waals surface area contributed by atoms with E-state index in [0.717, 1.165) is 16.0 Å². The van der Waals surface area contributed by atoms with Gasteiger partial charge in [0.1, 0.15) is 12.1 Å². The van der Waals surface area contributed by atoms with Gasteiger partial charge in [-0.15, -0.1) is 0 Å². The molecule has 2 amide bonds. The lowest BCUT2D eigenvalue weighted by atomic mass is 9.56. The molecule has 2 heterocycles. The Morgan fingerprint density at radius 1 is 1.04 bits per heavy atom. The fraction of sp³-hybridized carbons (Fsp3) is 0.312. The first-order valence-electron chi connectivity index (χ1n) is 7.53. The van der Waals surface area contributed by atoms with Crippen LogP contribution in [0.25, 0.3) is 0 Å². The van der Waals surface area contributed by atoms with Gasteiger partial charge >= 0.3 is 0 Å². The van der Waals surface area contributed by atoms with Crippen LogP contribution in [-0.2, 0) is 14.4 Å². The van der Waals surface area contributed by atoms with Crippen LogP contribution in [0.4, 0.5) is 5.95 Å². The molecule has 0 unspecified atom stereocenters. The van der Waals surface area contributed by atoms with Crippen molar-refractivity contribution in [2.45, 2.75) is 18.3 Å². The summed E-state index contributed by atoms with van der Waals surface area (Å²) in [5.41, 5.74) is 1.93. The van der Waals surface area contributed by atoms with E-state index in [-0.39, 0.29) is 29.5 Å². The summed E-state index contributed by atoms with van der Waals surface area (Å²) in [5, 5.41) is 6.28. The van der Waals surface area contributed by atoms with Gasteiger partial charge in [-0.3, -0.25) is 14.4 Å². The standard InChI is InChI=1S/C16H12N4O3/c21-10-5-9-7-3-1-2-4-8(7)11(10)13-12(9)14(22)20(15(13)23)16-17-6-18-19-16/h1-4,6,9,11-13H,5H2,(H,17,18,19)/t9-,11-,12-,13-/m1/s1. The second-order valence-electron chi connectivity index (χ2n) is 6.26. The van der Waals surface area contributed by atoms with Gasteiger partial charge in [0.15, 0.2) is 0 Å². The molecular weight excluding hydrogens is 296 g/mol. The number of nitrogens with zero attached hydrogens (tertiary/aromatic N) is 3. The fourth-order valence-electron chi connectivity index (χ4n) is 4.47. The Kier molecular flexibility index (Phi) is 2.28. The smallest absolute Gasteiger partial charge is 0.241 e. The number of hydrogen-bond donors (Lipinski definition) is 1. The number of hydrogen-bond acceptors (Lipinski definition) is 5. The Labute approximate surface area is 130 Å². The van der Waals surface area contributed by atoms with E-state index in [0.29, 0.717) is 6.42 Å². The number of carbonyl (C=O) groups excluding carboxylic acids is 3. The zero-order valence-electron chi connectivity index (χ0n) is 12.0. The van der Waals surface area contributed by atoms with Crippen molar-refractivity contribution in [3.63, 3.8) is 0 Å². The number of imide groups is 1. The van der Waals surface area contributed by atoms with E-state index in [1.165, 1.54) is 6.33 Å². The molecule has 2 fully saturated rings. The Morgan fingerprint density at radius 3 is 2.52 bits per heavy atom. The highest BCUT2D eigenvalue weighted by molar-refractivity contribution is 6.23. The maximum absolute atomic E-state index is 12.9. The predicted octanol–water partition coefficient (Wildman–Crippen LogP) is 0.764. The molecule has 7 nitrogen and oxygen atoms in total. The van der Waals surface area contributed by atoms with E-state index in [9.17, 15) is 14.4 Å². The lowest BCUT2D eigenvalue weighted by Gasteiger charge is -2.43. The van der Waals surface area contributed by atoms with E-state index in [4.69, 9.17) is 0 Å². The predicted molar refractivity (Wildman–Crippen MR) is 77.4 cm³/mol. The molecule has 7 heteroatoms. The molecule has 0 radical (unpaired) electrons. The third-order valence-electron chi connectivity index (χ3n) is 5.30. The highest BCUT2D eigenvalue weighted by atomic mass is 16.2. The highest BCUT2D eigenvalue weighted by Crippen LogP contribution is 2.57. The van der Waals surface area contributed by atoms with Crippen LogP contribution in [0.2, 0.25) is 0 Å². The van der Waals surface area contributed by atoms with Gasteiger partial charge in [-0.05, 0) is 11.1 Å². The lowest BCUT2D eigenvalue weighted by molar-refractivity contribution is -0.134. The molecule has 2 aromatic rings. The normalized spacial score (nSPS) is 31.5. The number of Topliss-reactive ketones (excluding diaryl/α,β-unsaturated/α-hetero) is 1. The quantitative estimate of drug-likeness (QED) is 0.785. The van der Waals surface area contributed by atoms with Crippen molar-refractivity contribution in [1.29, 1.82) is 0 Å². The number of benzene rings is 1. The van der Waals surface area contributed by atoms with E-state index in [2.05, 4.69) is 15.2 Å². The van der Waals surface area contributed by atoms with Crippen molar-refractivity contribution in [3.8, 4) is 0 Å². The van der Waals surface area contributed by atoms with Gasteiger partial charge in [0.25, 0.3) is 0 Å². The van der Waals surface area contributed by atoms with Gasteiger partial charge in [0.05, 0.1) is 17.8 Å². The van der Waals surface area contributed by atoms with Crippen LogP contribution in [0.3, 0.4) is 0 Å². The van der Waals surface area contributed by atoms with Crippen LogP contribution >= 0.6 is 0 Å². The number of fused-ring (bicyclic) bond motifs is 1. The molecule has 4 atom stereocenters. The molecular formula is C16H12N4O3. The maximum atomic E-state index is 12.9. The fourth-order valence-corrected chi connectivity index (χ4v) is 4.47. The van der Waals surface area contributed by atoms with Gasteiger partial charge in [-0.1, -0.05) is 24.3 Å². The summed E-state index contributed by atoms with van der Waals surface area (Å²) >= 11 is 0. The van der Waals surface area contributed by atoms with Crippen LogP contribution in [0.5, 0.6) is 0 Å². The zero-order valence-corrected chi connectivity index (χ0v) is 12.0. The molecule has 1 saturated carbocycles. The Hall–Kier alpha value is -2.83. The average Bonchev–Trinajstić information content (AvgIpc) is 3.16. The molecule has 1 saturated heterocycles. The van der Waals surface area contributed by atoms with Crippen molar-refractivity contribution < 1.29 is 14.4 Å². The molecule has 1 aliphatic heterocycles. The zero-order chi connectivity index (χ0) is 15.7. The summed E-state index contributed by atoms with van der Waals surface area (Å²) in [4.78, 5) is 43.2. The summed E-state index contributed by atoms with van der Waals surface area (Å²) in [6.07, 6.45) is 1.58. The number of ketones is 1. The number of H-pyrrole nitrogens is 1. The molecule has 2 bridgehead atoms. The number of aromatic nitrogens is 3. The number of anilines is 1. The molecule has 0 spiro atoms. The molecule has 4 aliphatic rings. The highest BCUT2D eigenvalue weighted by Gasteiger charge is 2.63. The monoisotopic (exact) mass is 308 g/mol. The van der Waals surface area contributed by atoms with Crippen molar-refractivity contribution in [1.82, 2.24) is 15.2 Å². The van der Waals surface area contributed by atoms with Crippen LogP contribution in [0.15, 0.2) is 30.6 Å². The summed E-state index contributed by atoms with van der Waals surface area (Å²) in [6.45, 7) is 0. The minimum Gasteiger partial charge on any atom is -0.299 e. The minimum atomic E-state index is -0.617. The number of nitrogens with one attached hydrogen (secondary N) is 1. The van der Waals surface area contributed by atoms with Crippen LogP contribution in [-0.4, -0.2) is 32.8 Å². The molecule has 1 N–H and O–H groups in total. The first kappa shape index (κ1) is 12.7. The van der Waals surface area contributed by atoms with Gasteiger partial charge < -0.3 is 0 Å². The summed E-state index contributed by atoms with van der Waals surface area (Å²) < 4.78 is 0. The number of rotatable bonds is 1. The lowest BCUT2D eigenvalue weighted by Crippen LogP contribution is -2.44. The number of amides is 2. The van der Waals surface area contributed by atoms with E-state index in [1.807, 2.05) is 24.3 Å². The number of aromatic amines is 1. The average molecular weight is 308 g/mol. The Bertz CT molecular complexity index is 860. The molecule has 114 valence electrons. The van der Waals surface area contributed by atoms with Gasteiger partial charge in [0, 0.05) is 12.3 Å². The van der Waals surface area contributed by atoms with Crippen LogP contribution < -0.4 is 4.90 Å². The van der Waals surface area contributed by atoms with Gasteiger partial charge in [-0.25, -0.2) is 10.00 Å². The second kappa shape index (κ2) is 4.13. The molecule has 23 heavy (non-hydrogen) atoms. The van der Waals surface area contributed by atoms with Crippen molar-refractivity contribution in [2.75, 3.05) is 4.90 Å². The van der Waals surface area contributed by atoms with Crippen LogP contribution in [0.1, 0.15) is 29.4 Å². The molecule has 1 aromatic heterocycles. The van der Waals surface area contributed by atoms with E-state index in [1.54, 1.807) is 0 Å².